The number of aryl methyl sites for hydroxylation is 1. The average Bonchev–Trinajstić information content (AvgIpc) is 2.16. The Morgan fingerprint density at radius 2 is 2.00 bits per heavy atom. The van der Waals surface area contributed by atoms with Gasteiger partial charge in [-0.1, -0.05) is 23.7 Å². The molecule has 0 saturated carbocycles. The monoisotopic (exact) mass is 213 g/mol. The molecule has 0 radical (unpaired) electrons. The highest BCUT2D eigenvalue weighted by molar-refractivity contribution is 6.30. The molecule has 0 bridgehead atoms. The molecule has 3 nitrogen and oxygen atoms in total. The van der Waals surface area contributed by atoms with Gasteiger partial charge in [0.25, 0.3) is 0 Å². The Bertz CT molecular complexity index is 310. The highest BCUT2D eigenvalue weighted by Gasteiger charge is 2.09. The Hall–Kier alpha value is -1.06. The van der Waals surface area contributed by atoms with Crippen LogP contribution in [0.2, 0.25) is 5.02 Å². The van der Waals surface area contributed by atoms with E-state index < -0.39 is 12.0 Å². The molecular formula is C10H12ClNO2. The summed E-state index contributed by atoms with van der Waals surface area (Å²) >= 11 is 5.70. The minimum atomic E-state index is -1.06. The van der Waals surface area contributed by atoms with E-state index >= 15 is 0 Å². The first-order valence-electron chi connectivity index (χ1n) is 4.31. The van der Waals surface area contributed by atoms with Gasteiger partial charge >= 0.3 is 0 Å². The van der Waals surface area contributed by atoms with Gasteiger partial charge < -0.3 is 10.8 Å². The Morgan fingerprint density at radius 1 is 1.43 bits per heavy atom. The summed E-state index contributed by atoms with van der Waals surface area (Å²) < 4.78 is 0. The van der Waals surface area contributed by atoms with Crippen molar-refractivity contribution in [3.8, 4) is 0 Å². The molecule has 0 saturated heterocycles. The lowest BCUT2D eigenvalue weighted by molar-refractivity contribution is -0.126. The smallest absolute Gasteiger partial charge is 0.246 e. The maximum Gasteiger partial charge on any atom is 0.246 e. The molecule has 14 heavy (non-hydrogen) atoms. The number of carbonyl (C=O) groups excluding carboxylic acids is 1. The second-order valence-corrected chi connectivity index (χ2v) is 3.52. The number of carbonyl (C=O) groups is 1. The van der Waals surface area contributed by atoms with Gasteiger partial charge in [-0.3, -0.25) is 4.79 Å². The molecule has 0 aromatic heterocycles. The number of amides is 1. The van der Waals surface area contributed by atoms with Crippen LogP contribution in [0.5, 0.6) is 0 Å². The van der Waals surface area contributed by atoms with E-state index in [4.69, 9.17) is 22.4 Å². The molecule has 0 aliphatic heterocycles. The summed E-state index contributed by atoms with van der Waals surface area (Å²) in [6.07, 6.45) is -0.108. The maximum absolute atomic E-state index is 10.5. The number of hydrogen-bond donors (Lipinski definition) is 2. The van der Waals surface area contributed by atoms with Crippen LogP contribution >= 0.6 is 11.6 Å². The van der Waals surface area contributed by atoms with Gasteiger partial charge in [-0.2, -0.15) is 0 Å². The first-order chi connectivity index (χ1) is 6.59. The SMILES string of the molecule is NC(=O)C(O)CCc1ccc(Cl)cc1. The molecule has 0 heterocycles. The van der Waals surface area contributed by atoms with Crippen LogP contribution in [0, 0.1) is 0 Å². The number of hydrogen-bond acceptors (Lipinski definition) is 2. The minimum absolute atomic E-state index is 0.344. The van der Waals surface area contributed by atoms with Crippen LogP contribution in [0.1, 0.15) is 12.0 Å². The highest BCUT2D eigenvalue weighted by Crippen LogP contribution is 2.11. The Kier molecular flexibility index (Phi) is 3.92. The molecule has 4 heteroatoms. The summed E-state index contributed by atoms with van der Waals surface area (Å²) in [4.78, 5) is 10.5. The Balaban J connectivity index is 2.46. The lowest BCUT2D eigenvalue weighted by atomic mass is 10.1. The molecule has 1 unspecified atom stereocenters. The van der Waals surface area contributed by atoms with Crippen LogP contribution in [0.4, 0.5) is 0 Å². The zero-order valence-corrected chi connectivity index (χ0v) is 8.37. The minimum Gasteiger partial charge on any atom is -0.383 e. The highest BCUT2D eigenvalue weighted by atomic mass is 35.5. The summed E-state index contributed by atoms with van der Waals surface area (Å²) in [5, 5.41) is 9.81. The molecule has 76 valence electrons. The largest absolute Gasteiger partial charge is 0.383 e. The average molecular weight is 214 g/mol. The van der Waals surface area contributed by atoms with E-state index in [1.54, 1.807) is 12.1 Å². The molecular weight excluding hydrogens is 202 g/mol. The second-order valence-electron chi connectivity index (χ2n) is 3.08. The molecule has 1 amide bonds. The predicted molar refractivity (Wildman–Crippen MR) is 55.0 cm³/mol. The van der Waals surface area contributed by atoms with Crippen LogP contribution in [-0.4, -0.2) is 17.1 Å². The second kappa shape index (κ2) is 4.98. The number of benzene rings is 1. The maximum atomic E-state index is 10.5. The van der Waals surface area contributed by atoms with Crippen molar-refractivity contribution in [2.45, 2.75) is 18.9 Å². The van der Waals surface area contributed by atoms with E-state index in [1.807, 2.05) is 12.1 Å². The van der Waals surface area contributed by atoms with Crippen LogP contribution < -0.4 is 5.73 Å². The third-order valence-corrected chi connectivity index (χ3v) is 2.20. The van der Waals surface area contributed by atoms with Crippen LogP contribution in [-0.2, 0) is 11.2 Å². The first kappa shape index (κ1) is 11.0. The number of halogens is 1. The summed E-state index contributed by atoms with van der Waals surface area (Å²) in [5.41, 5.74) is 5.94. The lowest BCUT2D eigenvalue weighted by Crippen LogP contribution is -2.28. The molecule has 0 spiro atoms. The molecule has 1 atom stereocenters. The van der Waals surface area contributed by atoms with Crippen LogP contribution in [0.15, 0.2) is 24.3 Å². The standard InChI is InChI=1S/C10H12ClNO2/c11-8-4-1-7(2-5-8)3-6-9(13)10(12)14/h1-2,4-5,9,13H,3,6H2,(H2,12,14). The van der Waals surface area contributed by atoms with Gasteiger partial charge in [-0.25, -0.2) is 0 Å². The predicted octanol–water partition coefficient (Wildman–Crippen LogP) is 1.12. The van der Waals surface area contributed by atoms with Gasteiger partial charge in [0.05, 0.1) is 0 Å². The van der Waals surface area contributed by atoms with Crippen molar-refractivity contribution in [3.63, 3.8) is 0 Å². The summed E-state index contributed by atoms with van der Waals surface area (Å²) in [5.74, 6) is -0.682. The Labute approximate surface area is 87.5 Å². The molecule has 3 N–H and O–H groups in total. The van der Waals surface area contributed by atoms with Gasteiger partial charge in [-0.15, -0.1) is 0 Å². The van der Waals surface area contributed by atoms with Gasteiger partial charge in [0.15, 0.2) is 0 Å². The van der Waals surface area contributed by atoms with Crippen molar-refractivity contribution in [1.82, 2.24) is 0 Å². The number of rotatable bonds is 4. The molecule has 1 aromatic rings. The van der Waals surface area contributed by atoms with Crippen molar-refractivity contribution in [3.05, 3.63) is 34.9 Å². The quantitative estimate of drug-likeness (QED) is 0.787. The zero-order valence-electron chi connectivity index (χ0n) is 7.61. The normalized spacial score (nSPS) is 12.4. The van der Waals surface area contributed by atoms with Crippen molar-refractivity contribution in [1.29, 1.82) is 0 Å². The summed E-state index contributed by atoms with van der Waals surface area (Å²) in [7, 11) is 0. The van der Waals surface area contributed by atoms with E-state index in [-0.39, 0.29) is 0 Å². The van der Waals surface area contributed by atoms with Crippen LogP contribution in [0.3, 0.4) is 0 Å². The topological polar surface area (TPSA) is 63.3 Å². The van der Waals surface area contributed by atoms with E-state index in [0.717, 1.165) is 5.56 Å². The van der Waals surface area contributed by atoms with E-state index in [2.05, 4.69) is 0 Å². The molecule has 1 rings (SSSR count). The van der Waals surface area contributed by atoms with Gasteiger partial charge in [0, 0.05) is 5.02 Å². The summed E-state index contributed by atoms with van der Waals surface area (Å²) in [6, 6.07) is 7.26. The van der Waals surface area contributed by atoms with Gasteiger partial charge in [0.2, 0.25) is 5.91 Å². The van der Waals surface area contributed by atoms with Crippen molar-refractivity contribution >= 4 is 17.5 Å². The third kappa shape index (κ3) is 3.36. The van der Waals surface area contributed by atoms with Crippen molar-refractivity contribution < 1.29 is 9.90 Å². The molecule has 0 aliphatic rings. The van der Waals surface area contributed by atoms with E-state index in [0.29, 0.717) is 17.9 Å². The van der Waals surface area contributed by atoms with Crippen molar-refractivity contribution in [2.75, 3.05) is 0 Å². The van der Waals surface area contributed by atoms with Crippen LogP contribution in [0.25, 0.3) is 0 Å². The fraction of sp³-hybridized carbons (Fsp3) is 0.300. The third-order valence-electron chi connectivity index (χ3n) is 1.95. The molecule has 0 aliphatic carbocycles. The molecule has 0 fully saturated rings. The number of aliphatic hydroxyl groups is 1. The molecule has 1 aromatic carbocycles. The first-order valence-corrected chi connectivity index (χ1v) is 4.69. The number of nitrogens with two attached hydrogens (primary N) is 1. The number of aliphatic hydroxyl groups excluding tert-OH is 1. The van der Waals surface area contributed by atoms with Gasteiger partial charge in [0.1, 0.15) is 6.10 Å². The van der Waals surface area contributed by atoms with E-state index in [1.165, 1.54) is 0 Å². The Morgan fingerprint density at radius 3 is 2.50 bits per heavy atom. The fourth-order valence-corrected chi connectivity index (χ4v) is 1.22. The van der Waals surface area contributed by atoms with Gasteiger partial charge in [-0.05, 0) is 30.5 Å². The number of primary amides is 1. The fourth-order valence-electron chi connectivity index (χ4n) is 1.10. The van der Waals surface area contributed by atoms with E-state index in [9.17, 15) is 4.79 Å². The summed E-state index contributed by atoms with van der Waals surface area (Å²) in [6.45, 7) is 0. The lowest BCUT2D eigenvalue weighted by Gasteiger charge is -2.05. The zero-order chi connectivity index (χ0) is 10.6. The van der Waals surface area contributed by atoms with Crippen molar-refractivity contribution in [2.24, 2.45) is 5.73 Å².